The quantitative estimate of drug-likeness (QED) is 0.451. The van der Waals surface area contributed by atoms with Crippen molar-refractivity contribution < 1.29 is 23.6 Å². The van der Waals surface area contributed by atoms with Crippen LogP contribution < -0.4 is 0 Å². The molecule has 0 radical (unpaired) electrons. The average molecular weight is 258 g/mol. The fourth-order valence-electron chi connectivity index (χ4n) is 3.12. The zero-order valence-electron chi connectivity index (χ0n) is 10.1. The van der Waals surface area contributed by atoms with Gasteiger partial charge in [-0.25, -0.2) is 0 Å². The van der Waals surface area contributed by atoms with Gasteiger partial charge in [0.15, 0.2) is 0 Å². The lowest BCUT2D eigenvalue weighted by atomic mass is 9.45. The number of benzene rings is 1. The molecule has 0 N–H and O–H groups in total. The zero-order chi connectivity index (χ0) is 13.0. The van der Waals surface area contributed by atoms with Gasteiger partial charge in [0.1, 0.15) is 12.8 Å². The Labute approximate surface area is 109 Å². The maximum absolute atomic E-state index is 11.5. The number of carbonyl (C=O) groups excluding carboxylic acids is 2. The van der Waals surface area contributed by atoms with Crippen molar-refractivity contribution in [2.45, 2.75) is 24.9 Å². The summed E-state index contributed by atoms with van der Waals surface area (Å²) in [5.41, 5.74) is 1.01. The molecule has 6 heteroatoms. The topological polar surface area (TPSA) is 65.1 Å². The molecule has 1 aromatic carbocycles. The van der Waals surface area contributed by atoms with Crippen molar-refractivity contribution in [2.75, 3.05) is 0 Å². The molecular weight excluding hydrogens is 247 g/mol. The van der Waals surface area contributed by atoms with Gasteiger partial charge in [-0.15, -0.1) is 0 Å². The summed E-state index contributed by atoms with van der Waals surface area (Å²) in [5.74, 6) is 0.0908. The fraction of sp³-hybridized carbons (Fsp3) is 0.308. The van der Waals surface area contributed by atoms with E-state index in [2.05, 4.69) is 0 Å². The third kappa shape index (κ3) is 1.50. The van der Waals surface area contributed by atoms with Crippen LogP contribution in [0.4, 0.5) is 0 Å². The van der Waals surface area contributed by atoms with E-state index in [4.69, 9.17) is 14.0 Å². The van der Waals surface area contributed by atoms with Crippen molar-refractivity contribution in [1.29, 1.82) is 0 Å². The van der Waals surface area contributed by atoms with Crippen molar-refractivity contribution in [3.05, 3.63) is 41.7 Å². The SMILES string of the molecule is O=C1C[C+]2CC(=O)O[B-]2(C2O[C@H]2c2ccccc2)O1. The summed E-state index contributed by atoms with van der Waals surface area (Å²) in [7, 11) is 0. The Kier molecular flexibility index (Phi) is 2.04. The number of fused-ring (bicyclic) bond motifs is 1. The van der Waals surface area contributed by atoms with Gasteiger partial charge in [-0.3, -0.25) is 9.59 Å². The molecule has 3 aliphatic heterocycles. The van der Waals surface area contributed by atoms with Crippen LogP contribution in [0.2, 0.25) is 0 Å². The van der Waals surface area contributed by atoms with Gasteiger partial charge in [0.2, 0.25) is 0 Å². The minimum Gasteiger partial charge on any atom is -0.612 e. The van der Waals surface area contributed by atoms with Crippen LogP contribution in [0.25, 0.3) is 0 Å². The molecule has 4 rings (SSSR count). The molecule has 2 atom stereocenters. The molecule has 0 saturated carbocycles. The second kappa shape index (κ2) is 3.54. The number of carbonyl (C=O) groups is 2. The van der Waals surface area contributed by atoms with Crippen molar-refractivity contribution in [1.82, 2.24) is 0 Å². The van der Waals surface area contributed by atoms with E-state index < -0.39 is 6.55 Å². The smallest absolute Gasteiger partial charge is 0.589 e. The van der Waals surface area contributed by atoms with E-state index in [0.29, 0.717) is 0 Å². The lowest BCUT2D eigenvalue weighted by Crippen LogP contribution is -2.47. The molecule has 0 bridgehead atoms. The van der Waals surface area contributed by atoms with Gasteiger partial charge in [0.25, 0.3) is 0 Å². The molecule has 96 valence electrons. The Bertz CT molecular complexity index is 537. The summed E-state index contributed by atoms with van der Waals surface area (Å²) >= 11 is 0. The number of hydrogen-bond donors (Lipinski definition) is 0. The van der Waals surface area contributed by atoms with Crippen LogP contribution in [-0.4, -0.2) is 24.5 Å². The van der Waals surface area contributed by atoms with Crippen LogP contribution in [0, 0.1) is 5.82 Å². The third-order valence-corrected chi connectivity index (χ3v) is 4.01. The molecule has 5 nitrogen and oxygen atoms in total. The Balaban J connectivity index is 1.63. The monoisotopic (exact) mass is 258 g/mol. The molecule has 1 aromatic rings. The highest BCUT2D eigenvalue weighted by atomic mass is 16.7. The van der Waals surface area contributed by atoms with Gasteiger partial charge in [0.05, 0.1) is 12.1 Å². The number of ether oxygens (including phenoxy) is 1. The van der Waals surface area contributed by atoms with E-state index in [-0.39, 0.29) is 36.9 Å². The summed E-state index contributed by atoms with van der Waals surface area (Å²) in [6.45, 7) is -2.02. The van der Waals surface area contributed by atoms with Crippen LogP contribution in [0.15, 0.2) is 30.3 Å². The lowest BCUT2D eigenvalue weighted by Gasteiger charge is -2.22. The lowest BCUT2D eigenvalue weighted by molar-refractivity contribution is -0.138. The molecule has 1 unspecified atom stereocenters. The van der Waals surface area contributed by atoms with Gasteiger partial charge in [-0.2, -0.15) is 0 Å². The Hall–Kier alpha value is -1.95. The summed E-state index contributed by atoms with van der Waals surface area (Å²) in [6.07, 6.45) is 0.188. The van der Waals surface area contributed by atoms with E-state index >= 15 is 0 Å². The molecule has 3 fully saturated rings. The van der Waals surface area contributed by atoms with E-state index in [9.17, 15) is 9.59 Å². The molecule has 0 aromatic heterocycles. The van der Waals surface area contributed by atoms with Crippen LogP contribution in [0.3, 0.4) is 0 Å². The molecule has 3 aliphatic rings. The highest BCUT2D eigenvalue weighted by Crippen LogP contribution is 2.54. The van der Waals surface area contributed by atoms with Gasteiger partial charge >= 0.3 is 18.5 Å². The Morgan fingerprint density at radius 3 is 2.32 bits per heavy atom. The Morgan fingerprint density at radius 1 is 1.05 bits per heavy atom. The second-order valence-corrected chi connectivity index (χ2v) is 5.19. The largest absolute Gasteiger partial charge is 0.612 e. The summed E-state index contributed by atoms with van der Waals surface area (Å²) in [5, 5.41) is 0. The molecule has 3 heterocycles. The van der Waals surface area contributed by atoms with Gasteiger partial charge in [-0.1, -0.05) is 30.3 Å². The maximum Gasteiger partial charge on any atom is 0.589 e. The maximum atomic E-state index is 11.5. The van der Waals surface area contributed by atoms with Crippen molar-refractivity contribution in [3.8, 4) is 0 Å². The molecule has 19 heavy (non-hydrogen) atoms. The third-order valence-electron chi connectivity index (χ3n) is 4.01. The zero-order valence-corrected chi connectivity index (χ0v) is 10.1. The predicted molar refractivity (Wildman–Crippen MR) is 64.5 cm³/mol. The van der Waals surface area contributed by atoms with E-state index in [0.717, 1.165) is 11.4 Å². The summed E-state index contributed by atoms with van der Waals surface area (Å²) in [6, 6.07) is 9.31. The van der Waals surface area contributed by atoms with Gasteiger partial charge in [-0.05, 0) is 5.56 Å². The molecule has 0 aliphatic carbocycles. The highest BCUT2D eigenvalue weighted by molar-refractivity contribution is 6.81. The minimum atomic E-state index is -2.02. The molecule has 0 spiro atoms. The minimum absolute atomic E-state index is 0.159. The molecule has 0 amide bonds. The van der Waals surface area contributed by atoms with Crippen LogP contribution in [-0.2, 0) is 23.6 Å². The van der Waals surface area contributed by atoms with Crippen molar-refractivity contribution >= 4 is 18.5 Å². The normalized spacial score (nSPS) is 30.8. The number of hydrogen-bond acceptors (Lipinski definition) is 5. The first-order valence-corrected chi connectivity index (χ1v) is 6.33. The van der Waals surface area contributed by atoms with Crippen molar-refractivity contribution in [2.24, 2.45) is 0 Å². The number of rotatable bonds is 2. The van der Waals surface area contributed by atoms with E-state index in [1.165, 1.54) is 0 Å². The number of epoxide rings is 1. The van der Waals surface area contributed by atoms with Gasteiger partial charge < -0.3 is 14.0 Å². The van der Waals surface area contributed by atoms with E-state index in [1.54, 1.807) is 0 Å². The molecule has 3 saturated heterocycles. The molecular formula is C13H11BO5. The predicted octanol–water partition coefficient (Wildman–Crippen LogP) is 1.12. The first-order chi connectivity index (χ1) is 9.19. The summed E-state index contributed by atoms with van der Waals surface area (Å²) in [4.78, 5) is 22.9. The average Bonchev–Trinajstić information content (AvgIpc) is 3.05. The van der Waals surface area contributed by atoms with Crippen molar-refractivity contribution in [3.63, 3.8) is 0 Å². The highest BCUT2D eigenvalue weighted by Gasteiger charge is 2.75. The van der Waals surface area contributed by atoms with Gasteiger partial charge in [0, 0.05) is 5.82 Å². The van der Waals surface area contributed by atoms with Crippen LogP contribution in [0.5, 0.6) is 0 Å². The Morgan fingerprint density at radius 2 is 1.68 bits per heavy atom. The van der Waals surface area contributed by atoms with Crippen LogP contribution in [0.1, 0.15) is 24.5 Å². The second-order valence-electron chi connectivity index (χ2n) is 5.19. The first kappa shape index (κ1) is 10.9. The summed E-state index contributed by atoms with van der Waals surface area (Å²) < 4.78 is 16.3. The van der Waals surface area contributed by atoms with E-state index in [1.807, 2.05) is 30.3 Å². The standard InChI is InChI=1S/C13H11BO5/c15-10-6-9-7-11(16)19-14(9,18-10)13-12(17-13)8-4-2-1-3-5-8/h1-5,12-13H,6-7H2/t12-,13?/m0/s1. The first-order valence-electron chi connectivity index (χ1n) is 6.33. The fourth-order valence-corrected chi connectivity index (χ4v) is 3.12. The van der Waals surface area contributed by atoms with Crippen LogP contribution >= 0.6 is 0 Å².